The predicted octanol–water partition coefficient (Wildman–Crippen LogP) is 3.31. The summed E-state index contributed by atoms with van der Waals surface area (Å²) in [6.07, 6.45) is 3.09. The highest BCUT2D eigenvalue weighted by atomic mass is 32.1. The van der Waals surface area contributed by atoms with E-state index in [1.807, 2.05) is 0 Å². The van der Waals surface area contributed by atoms with E-state index in [9.17, 15) is 14.3 Å². The van der Waals surface area contributed by atoms with Crippen molar-refractivity contribution in [1.82, 2.24) is 9.55 Å². The summed E-state index contributed by atoms with van der Waals surface area (Å²) >= 11 is 4.98. The molecule has 0 unspecified atom stereocenters. The Balaban J connectivity index is 2.19. The van der Waals surface area contributed by atoms with Gasteiger partial charge in [-0.1, -0.05) is 0 Å². The van der Waals surface area contributed by atoms with Crippen molar-refractivity contribution in [3.63, 3.8) is 0 Å². The zero-order valence-corrected chi connectivity index (χ0v) is 11.7. The van der Waals surface area contributed by atoms with E-state index in [1.165, 1.54) is 29.7 Å². The van der Waals surface area contributed by atoms with Crippen LogP contribution in [-0.2, 0) is 0 Å². The fraction of sp³-hybridized carbons (Fsp3) is 0.0714. The average molecular weight is 303 g/mol. The number of H-pyrrole nitrogens is 1. The van der Waals surface area contributed by atoms with Gasteiger partial charge in [0.25, 0.3) is 0 Å². The fourth-order valence-corrected chi connectivity index (χ4v) is 2.53. The molecule has 0 spiro atoms. The third-order valence-corrected chi connectivity index (χ3v) is 3.42. The Bertz CT molecular complexity index is 877. The number of nitrogens with zero attached hydrogens (tertiary/aromatic N) is 2. The van der Waals surface area contributed by atoms with E-state index in [-0.39, 0.29) is 28.1 Å². The van der Waals surface area contributed by atoms with E-state index in [0.717, 1.165) is 0 Å². The van der Waals surface area contributed by atoms with Gasteiger partial charge in [-0.05, 0) is 36.5 Å². The molecular weight excluding hydrogens is 293 g/mol. The van der Waals surface area contributed by atoms with E-state index in [2.05, 4.69) is 9.98 Å². The molecule has 2 aromatic rings. The SMILES string of the molecule is CC(=O)n1c(/C=C2\C=Nc3ccc(F)cc32)c(O)[nH]c1=S. The number of fused-ring (bicyclic) bond motifs is 1. The summed E-state index contributed by atoms with van der Waals surface area (Å²) in [5.74, 6) is -0.939. The first-order valence-corrected chi connectivity index (χ1v) is 6.49. The van der Waals surface area contributed by atoms with Crippen molar-refractivity contribution in [2.75, 3.05) is 0 Å². The molecule has 21 heavy (non-hydrogen) atoms. The summed E-state index contributed by atoms with van der Waals surface area (Å²) in [6, 6.07) is 4.24. The maximum atomic E-state index is 13.4. The maximum Gasteiger partial charge on any atom is 0.230 e. The number of rotatable bonds is 1. The number of carbonyl (C=O) groups is 1. The van der Waals surface area contributed by atoms with Crippen LogP contribution >= 0.6 is 12.2 Å². The van der Waals surface area contributed by atoms with Crippen molar-refractivity contribution >= 4 is 41.7 Å². The number of nitrogens with one attached hydrogen (secondary N) is 1. The predicted molar refractivity (Wildman–Crippen MR) is 80.0 cm³/mol. The molecule has 0 saturated carbocycles. The van der Waals surface area contributed by atoms with Crippen LogP contribution in [0.5, 0.6) is 5.88 Å². The standard InChI is InChI=1S/C14H10FN3O2S/c1-7(19)18-12(13(20)17-14(18)21)4-8-6-16-11-3-2-9(15)5-10(8)11/h2-6,20H,1H3,(H,17,21)/b8-4+. The van der Waals surface area contributed by atoms with E-state index in [4.69, 9.17) is 12.2 Å². The van der Waals surface area contributed by atoms with Crippen LogP contribution in [0.15, 0.2) is 23.2 Å². The molecule has 0 radical (unpaired) electrons. The van der Waals surface area contributed by atoms with Gasteiger partial charge in [0.1, 0.15) is 11.5 Å². The fourth-order valence-electron chi connectivity index (χ4n) is 2.21. The number of imidazole rings is 1. The van der Waals surface area contributed by atoms with Gasteiger partial charge in [-0.15, -0.1) is 0 Å². The van der Waals surface area contributed by atoms with Crippen LogP contribution in [0, 0.1) is 10.6 Å². The molecule has 0 saturated heterocycles. The molecule has 1 aromatic heterocycles. The molecule has 5 nitrogen and oxygen atoms in total. The highest BCUT2D eigenvalue weighted by Crippen LogP contribution is 2.34. The zero-order chi connectivity index (χ0) is 15.1. The summed E-state index contributed by atoms with van der Waals surface area (Å²) in [7, 11) is 0. The highest BCUT2D eigenvalue weighted by Gasteiger charge is 2.17. The lowest BCUT2D eigenvalue weighted by Gasteiger charge is -2.02. The molecule has 1 aromatic carbocycles. The molecule has 1 aliphatic heterocycles. The number of aromatic nitrogens is 2. The summed E-state index contributed by atoms with van der Waals surface area (Å²) in [5, 5.41) is 9.87. The number of benzene rings is 1. The number of hydrogen-bond acceptors (Lipinski definition) is 4. The molecule has 3 rings (SSSR count). The van der Waals surface area contributed by atoms with Crippen molar-refractivity contribution in [1.29, 1.82) is 0 Å². The van der Waals surface area contributed by atoms with Crippen molar-refractivity contribution in [2.24, 2.45) is 4.99 Å². The van der Waals surface area contributed by atoms with Crippen LogP contribution in [0.1, 0.15) is 23.0 Å². The van der Waals surface area contributed by atoms with E-state index >= 15 is 0 Å². The molecule has 0 fully saturated rings. The van der Waals surface area contributed by atoms with Crippen molar-refractivity contribution < 1.29 is 14.3 Å². The Morgan fingerprint density at radius 1 is 1.52 bits per heavy atom. The van der Waals surface area contributed by atoms with Crippen molar-refractivity contribution in [3.05, 3.63) is 40.0 Å². The molecule has 0 atom stereocenters. The quantitative estimate of drug-likeness (QED) is 0.794. The molecule has 0 aliphatic carbocycles. The number of hydrogen-bond donors (Lipinski definition) is 2. The van der Waals surface area contributed by atoms with Gasteiger partial charge in [-0.3, -0.25) is 14.4 Å². The van der Waals surface area contributed by atoms with Crippen molar-refractivity contribution in [3.8, 4) is 5.88 Å². The first-order chi connectivity index (χ1) is 9.97. The topological polar surface area (TPSA) is 70.4 Å². The van der Waals surface area contributed by atoms with Crippen molar-refractivity contribution in [2.45, 2.75) is 6.92 Å². The number of carbonyl (C=O) groups excluding carboxylic acids is 1. The smallest absolute Gasteiger partial charge is 0.230 e. The van der Waals surface area contributed by atoms with Crippen LogP contribution in [0.3, 0.4) is 0 Å². The van der Waals surface area contributed by atoms with Crippen LogP contribution < -0.4 is 0 Å². The van der Waals surface area contributed by atoms with Crippen LogP contribution in [-0.4, -0.2) is 26.8 Å². The molecule has 2 heterocycles. The van der Waals surface area contributed by atoms with Gasteiger partial charge in [-0.2, -0.15) is 0 Å². The Labute approximate surface area is 124 Å². The largest absolute Gasteiger partial charge is 0.493 e. The summed E-state index contributed by atoms with van der Waals surface area (Å²) in [5.41, 5.74) is 2.03. The van der Waals surface area contributed by atoms with Gasteiger partial charge < -0.3 is 10.1 Å². The number of aromatic hydroxyl groups is 1. The van der Waals surface area contributed by atoms with Crippen LogP contribution in [0.4, 0.5) is 10.1 Å². The highest BCUT2D eigenvalue weighted by molar-refractivity contribution is 7.71. The van der Waals surface area contributed by atoms with Crippen LogP contribution in [0.25, 0.3) is 11.6 Å². The minimum atomic E-state index is -0.383. The van der Waals surface area contributed by atoms with E-state index in [0.29, 0.717) is 16.8 Å². The Morgan fingerprint density at radius 2 is 2.29 bits per heavy atom. The lowest BCUT2D eigenvalue weighted by atomic mass is 10.1. The number of allylic oxidation sites excluding steroid dienone is 1. The number of aromatic amines is 1. The monoisotopic (exact) mass is 303 g/mol. The third-order valence-electron chi connectivity index (χ3n) is 3.13. The lowest BCUT2D eigenvalue weighted by molar-refractivity contribution is 0.0934. The zero-order valence-electron chi connectivity index (χ0n) is 10.9. The Morgan fingerprint density at radius 3 is 3.00 bits per heavy atom. The summed E-state index contributed by atoms with van der Waals surface area (Å²) in [6.45, 7) is 1.33. The van der Waals surface area contributed by atoms with E-state index in [1.54, 1.807) is 12.3 Å². The first-order valence-electron chi connectivity index (χ1n) is 6.08. The van der Waals surface area contributed by atoms with Gasteiger partial charge in [-0.25, -0.2) is 4.39 Å². The normalized spacial score (nSPS) is 14.7. The average Bonchev–Trinajstić information content (AvgIpc) is 2.92. The summed E-state index contributed by atoms with van der Waals surface area (Å²) < 4.78 is 14.6. The van der Waals surface area contributed by atoms with Gasteiger partial charge >= 0.3 is 0 Å². The summed E-state index contributed by atoms with van der Waals surface area (Å²) in [4.78, 5) is 18.3. The number of halogens is 1. The second kappa shape index (κ2) is 4.78. The van der Waals surface area contributed by atoms with Gasteiger partial charge in [0.05, 0.1) is 5.69 Å². The molecule has 0 amide bonds. The van der Waals surface area contributed by atoms with E-state index < -0.39 is 0 Å². The molecule has 2 N–H and O–H groups in total. The number of aliphatic imine (C=N–C) groups is 1. The first kappa shape index (κ1) is 13.4. The molecule has 7 heteroatoms. The maximum absolute atomic E-state index is 13.4. The Hall–Kier alpha value is -2.54. The molecule has 0 bridgehead atoms. The van der Waals surface area contributed by atoms with Gasteiger partial charge in [0.2, 0.25) is 11.8 Å². The molecular formula is C14H10FN3O2S. The van der Waals surface area contributed by atoms with Gasteiger partial charge in [0.15, 0.2) is 4.77 Å². The Kier molecular flexibility index (Phi) is 3.06. The van der Waals surface area contributed by atoms with Crippen LogP contribution in [0.2, 0.25) is 0 Å². The second-order valence-corrected chi connectivity index (χ2v) is 4.92. The lowest BCUT2D eigenvalue weighted by Crippen LogP contribution is -2.07. The molecule has 1 aliphatic rings. The molecule has 106 valence electrons. The van der Waals surface area contributed by atoms with Gasteiger partial charge in [0, 0.05) is 24.3 Å². The third kappa shape index (κ3) is 2.21. The minimum Gasteiger partial charge on any atom is -0.493 e. The second-order valence-electron chi connectivity index (χ2n) is 4.54. The minimum absolute atomic E-state index is 0.0984.